The van der Waals surface area contributed by atoms with E-state index in [0.717, 1.165) is 20.7 Å². The number of piperazine rings is 1. The van der Waals surface area contributed by atoms with Crippen LogP contribution in [0.25, 0.3) is 0 Å². The molecule has 0 radical (unpaired) electrons. The van der Waals surface area contributed by atoms with Crippen LogP contribution in [0.15, 0.2) is 78.2 Å². The van der Waals surface area contributed by atoms with E-state index in [4.69, 9.17) is 11.6 Å². The van der Waals surface area contributed by atoms with E-state index < -0.39 is 24.2 Å². The normalized spacial score (nSPS) is 19.9. The number of hydrogen-bond donors (Lipinski definition) is 1. The Morgan fingerprint density at radius 2 is 1.57 bits per heavy atom. The summed E-state index contributed by atoms with van der Waals surface area (Å²) in [6.45, 7) is 1.99. The minimum Gasteiger partial charge on any atom is -0.361 e. The number of carbonyl (C=O) groups excluding carboxylic acids is 1. The lowest BCUT2D eigenvalue weighted by Gasteiger charge is -2.39. The number of alkyl halides is 3. The van der Waals surface area contributed by atoms with E-state index >= 15 is 0 Å². The van der Waals surface area contributed by atoms with Crippen molar-refractivity contribution in [3.05, 3.63) is 105 Å². The van der Waals surface area contributed by atoms with Crippen molar-refractivity contribution in [3.8, 4) is 0 Å². The molecule has 2 aliphatic rings. The summed E-state index contributed by atoms with van der Waals surface area (Å²) < 4.78 is 43.1. The summed E-state index contributed by atoms with van der Waals surface area (Å²) >= 11 is 7.95. The van der Waals surface area contributed by atoms with Crippen LogP contribution in [0.4, 0.5) is 19.0 Å². The molecule has 0 saturated carbocycles. The molecule has 6 rings (SSSR count). The number of hydrogen-bond acceptors (Lipinski definition) is 5. The Kier molecular flexibility index (Phi) is 7.33. The number of rotatable bonds is 5. The number of benzene rings is 2. The number of aromatic nitrogens is 2. The molecule has 2 aromatic carbocycles. The van der Waals surface area contributed by atoms with Crippen molar-refractivity contribution in [2.75, 3.05) is 31.5 Å². The summed E-state index contributed by atoms with van der Waals surface area (Å²) in [6, 6.07) is 21.5. The van der Waals surface area contributed by atoms with Crippen LogP contribution in [0.1, 0.15) is 51.0 Å². The molecule has 2 aromatic heterocycles. The fraction of sp³-hybridized carbons (Fsp3) is 0.310. The lowest BCUT2D eigenvalue weighted by atomic mass is 9.96. The van der Waals surface area contributed by atoms with Gasteiger partial charge in [0.2, 0.25) is 0 Å². The predicted octanol–water partition coefficient (Wildman–Crippen LogP) is 6.81. The first kappa shape index (κ1) is 26.9. The van der Waals surface area contributed by atoms with Crippen LogP contribution in [0, 0.1) is 0 Å². The van der Waals surface area contributed by atoms with Crippen LogP contribution < -0.4 is 5.32 Å². The number of nitrogens with zero attached hydrogens (tertiary/aromatic N) is 4. The van der Waals surface area contributed by atoms with Crippen molar-refractivity contribution in [3.63, 3.8) is 0 Å². The average molecular weight is 586 g/mol. The fourth-order valence-corrected chi connectivity index (χ4v) is 6.67. The molecule has 2 atom stereocenters. The van der Waals surface area contributed by atoms with Gasteiger partial charge in [0.05, 0.1) is 12.1 Å². The van der Waals surface area contributed by atoms with Gasteiger partial charge in [-0.05, 0) is 22.6 Å². The van der Waals surface area contributed by atoms with Crippen LogP contribution >= 0.6 is 22.9 Å². The molecular formula is C29H27ClF3N5OS. The minimum atomic E-state index is -4.54. The zero-order chi connectivity index (χ0) is 27.9. The SMILES string of the molecule is O=C(c1nn2c(c1Cl)NC(c1cccs1)CC2C(F)(F)F)N1CCN(C(c2ccccc2)c2ccccc2)CC1. The summed E-state index contributed by atoms with van der Waals surface area (Å²) in [5.74, 6) is -0.429. The highest BCUT2D eigenvalue weighted by Crippen LogP contribution is 2.47. The van der Waals surface area contributed by atoms with E-state index in [9.17, 15) is 18.0 Å². The molecule has 1 saturated heterocycles. The van der Waals surface area contributed by atoms with E-state index in [2.05, 4.69) is 39.6 Å². The largest absolute Gasteiger partial charge is 0.410 e. The third-order valence-electron chi connectivity index (χ3n) is 7.58. The van der Waals surface area contributed by atoms with E-state index in [-0.39, 0.29) is 29.0 Å². The Bertz CT molecular complexity index is 1410. The Labute approximate surface area is 239 Å². The van der Waals surface area contributed by atoms with E-state index in [1.807, 2.05) is 41.8 Å². The second-order valence-corrected chi connectivity index (χ2v) is 11.4. The number of fused-ring (bicyclic) bond motifs is 1. The highest BCUT2D eigenvalue weighted by atomic mass is 35.5. The summed E-state index contributed by atoms with van der Waals surface area (Å²) in [4.78, 5) is 18.3. The summed E-state index contributed by atoms with van der Waals surface area (Å²) in [7, 11) is 0. The highest BCUT2D eigenvalue weighted by Gasteiger charge is 2.48. The smallest absolute Gasteiger partial charge is 0.361 e. The second-order valence-electron chi connectivity index (χ2n) is 10.0. The molecule has 6 nitrogen and oxygen atoms in total. The van der Waals surface area contributed by atoms with Gasteiger partial charge < -0.3 is 10.2 Å². The van der Waals surface area contributed by atoms with Crippen molar-refractivity contribution >= 4 is 34.7 Å². The zero-order valence-corrected chi connectivity index (χ0v) is 23.0. The van der Waals surface area contributed by atoms with Crippen LogP contribution in [-0.4, -0.2) is 57.8 Å². The number of halogens is 4. The van der Waals surface area contributed by atoms with E-state index in [1.165, 1.54) is 11.3 Å². The molecule has 2 aliphatic heterocycles. The van der Waals surface area contributed by atoms with Crippen molar-refractivity contribution in [2.24, 2.45) is 0 Å². The molecule has 1 amide bonds. The van der Waals surface area contributed by atoms with E-state index in [0.29, 0.717) is 26.2 Å². The number of nitrogens with one attached hydrogen (secondary N) is 1. The molecule has 1 fully saturated rings. The van der Waals surface area contributed by atoms with Gasteiger partial charge in [-0.2, -0.15) is 18.3 Å². The molecule has 11 heteroatoms. The van der Waals surface area contributed by atoms with Crippen LogP contribution in [-0.2, 0) is 0 Å². The van der Waals surface area contributed by atoms with Crippen molar-refractivity contribution in [1.82, 2.24) is 19.6 Å². The van der Waals surface area contributed by atoms with Gasteiger partial charge in [0.1, 0.15) is 10.8 Å². The quantitative estimate of drug-likeness (QED) is 0.280. The maximum atomic E-state index is 14.1. The summed E-state index contributed by atoms with van der Waals surface area (Å²) in [5.41, 5.74) is 2.16. The first-order valence-electron chi connectivity index (χ1n) is 13.1. The maximum absolute atomic E-state index is 14.1. The predicted molar refractivity (Wildman–Crippen MR) is 150 cm³/mol. The van der Waals surface area contributed by atoms with Crippen LogP contribution in [0.5, 0.6) is 0 Å². The number of carbonyl (C=O) groups is 1. The molecule has 0 bridgehead atoms. The minimum absolute atomic E-state index is 0.0223. The van der Waals surface area contributed by atoms with E-state index in [1.54, 1.807) is 17.0 Å². The standard InChI is InChI=1S/C29H27ClF3N5OS/c30-24-25(35-38-23(29(31,32)33)18-21(34-27(24)38)22-12-7-17-40-22)28(39)37-15-13-36(14-16-37)26(19-8-3-1-4-9-19)20-10-5-2-6-11-20/h1-12,17,21,23,26,34H,13-16,18H2. The topological polar surface area (TPSA) is 53.4 Å². The maximum Gasteiger partial charge on any atom is 0.410 e. The van der Waals surface area contributed by atoms with Gasteiger partial charge in [0.15, 0.2) is 11.7 Å². The van der Waals surface area contributed by atoms with Gasteiger partial charge in [-0.25, -0.2) is 4.68 Å². The Morgan fingerprint density at radius 3 is 2.12 bits per heavy atom. The molecular weight excluding hydrogens is 559 g/mol. The average Bonchev–Trinajstić information content (AvgIpc) is 3.62. The lowest BCUT2D eigenvalue weighted by Crippen LogP contribution is -2.50. The van der Waals surface area contributed by atoms with Gasteiger partial charge in [-0.15, -0.1) is 11.3 Å². The fourth-order valence-electron chi connectivity index (χ4n) is 5.62. The molecule has 4 aromatic rings. The number of anilines is 1. The third kappa shape index (κ3) is 5.11. The molecule has 4 heterocycles. The molecule has 1 N–H and O–H groups in total. The number of amides is 1. The molecule has 0 spiro atoms. The molecule has 2 unspecified atom stereocenters. The van der Waals surface area contributed by atoms with Crippen molar-refractivity contribution in [2.45, 2.75) is 30.7 Å². The Morgan fingerprint density at radius 1 is 0.950 bits per heavy atom. The Balaban J connectivity index is 1.23. The first-order valence-corrected chi connectivity index (χ1v) is 14.3. The summed E-state index contributed by atoms with van der Waals surface area (Å²) in [5, 5.41) is 8.99. The van der Waals surface area contributed by atoms with Crippen LogP contribution in [0.3, 0.4) is 0 Å². The van der Waals surface area contributed by atoms with Gasteiger partial charge in [-0.1, -0.05) is 78.3 Å². The second kappa shape index (κ2) is 10.9. The first-order chi connectivity index (χ1) is 19.3. The van der Waals surface area contributed by atoms with Crippen molar-refractivity contribution < 1.29 is 18.0 Å². The summed E-state index contributed by atoms with van der Waals surface area (Å²) in [6.07, 6.45) is -4.78. The van der Waals surface area contributed by atoms with Gasteiger partial charge in [-0.3, -0.25) is 9.69 Å². The molecule has 0 aliphatic carbocycles. The third-order valence-corrected chi connectivity index (χ3v) is 8.93. The number of thiophene rings is 1. The zero-order valence-electron chi connectivity index (χ0n) is 21.4. The van der Waals surface area contributed by atoms with Gasteiger partial charge in [0.25, 0.3) is 5.91 Å². The lowest BCUT2D eigenvalue weighted by molar-refractivity contribution is -0.173. The van der Waals surface area contributed by atoms with Gasteiger partial charge in [0, 0.05) is 37.5 Å². The highest BCUT2D eigenvalue weighted by molar-refractivity contribution is 7.10. The molecule has 40 heavy (non-hydrogen) atoms. The monoisotopic (exact) mass is 585 g/mol. The van der Waals surface area contributed by atoms with Crippen molar-refractivity contribution in [1.29, 1.82) is 0 Å². The van der Waals surface area contributed by atoms with Gasteiger partial charge >= 0.3 is 6.18 Å². The molecule has 208 valence electrons. The van der Waals surface area contributed by atoms with Crippen LogP contribution in [0.2, 0.25) is 5.02 Å². The Hall–Kier alpha value is -3.34.